The Kier molecular flexibility index (Phi) is 6.74. The van der Waals surface area contributed by atoms with Gasteiger partial charge < -0.3 is 20.1 Å². The van der Waals surface area contributed by atoms with Crippen LogP contribution >= 0.6 is 0 Å². The number of carbonyl (C=O) groups excluding carboxylic acids is 1. The van der Waals surface area contributed by atoms with Crippen LogP contribution in [0.15, 0.2) is 18.2 Å². The highest BCUT2D eigenvalue weighted by Crippen LogP contribution is 2.24. The third kappa shape index (κ3) is 5.18. The molecule has 1 amide bonds. The molecule has 0 unspecified atom stereocenters. The van der Waals surface area contributed by atoms with Crippen LogP contribution in [0.2, 0.25) is 0 Å². The quantitative estimate of drug-likeness (QED) is 0.697. The Hall–Kier alpha value is -1.75. The molecule has 0 spiro atoms. The van der Waals surface area contributed by atoms with Gasteiger partial charge in [0.05, 0.1) is 7.11 Å². The number of ether oxygens (including phenoxy) is 2. The van der Waals surface area contributed by atoms with Crippen molar-refractivity contribution in [3.63, 3.8) is 0 Å². The third-order valence-electron chi connectivity index (χ3n) is 2.65. The maximum Gasteiger partial charge on any atom is 0.257 e. The first-order chi connectivity index (χ1) is 9.21. The second-order valence-corrected chi connectivity index (χ2v) is 4.11. The zero-order chi connectivity index (χ0) is 14.1. The molecule has 0 atom stereocenters. The van der Waals surface area contributed by atoms with E-state index in [-0.39, 0.29) is 12.5 Å². The number of benzene rings is 1. The van der Waals surface area contributed by atoms with Crippen molar-refractivity contribution in [1.82, 2.24) is 10.6 Å². The lowest BCUT2D eigenvalue weighted by molar-refractivity contribution is -0.122. The molecular weight excluding hydrogens is 244 g/mol. The Bertz CT molecular complexity index is 408. The van der Waals surface area contributed by atoms with Gasteiger partial charge in [0, 0.05) is 19.2 Å². The molecule has 106 valence electrons. The highest BCUT2D eigenvalue weighted by atomic mass is 16.5. The van der Waals surface area contributed by atoms with E-state index < -0.39 is 0 Å². The fourth-order valence-electron chi connectivity index (χ4n) is 1.58. The van der Waals surface area contributed by atoms with E-state index in [4.69, 9.17) is 9.47 Å². The van der Waals surface area contributed by atoms with Crippen LogP contribution in [0.25, 0.3) is 0 Å². The number of nitrogens with one attached hydrogen (secondary N) is 2. The van der Waals surface area contributed by atoms with Crippen LogP contribution in [0.5, 0.6) is 11.5 Å². The lowest BCUT2D eigenvalue weighted by Crippen LogP contribution is -2.25. The largest absolute Gasteiger partial charge is 0.497 e. The van der Waals surface area contributed by atoms with Gasteiger partial charge in [0.25, 0.3) is 5.91 Å². The molecule has 0 saturated carbocycles. The maximum atomic E-state index is 11.2. The summed E-state index contributed by atoms with van der Waals surface area (Å²) in [6.45, 7) is 3.76. The van der Waals surface area contributed by atoms with Crippen molar-refractivity contribution in [3.8, 4) is 11.5 Å². The van der Waals surface area contributed by atoms with E-state index in [0.717, 1.165) is 24.3 Å². The molecule has 0 radical (unpaired) electrons. The van der Waals surface area contributed by atoms with Gasteiger partial charge in [-0.3, -0.25) is 4.79 Å². The maximum absolute atomic E-state index is 11.2. The first-order valence-corrected chi connectivity index (χ1v) is 6.42. The molecule has 19 heavy (non-hydrogen) atoms. The summed E-state index contributed by atoms with van der Waals surface area (Å²) in [7, 11) is 3.22. The van der Waals surface area contributed by atoms with Crippen LogP contribution in [-0.4, -0.2) is 33.2 Å². The Balaban J connectivity index is 2.73. The summed E-state index contributed by atoms with van der Waals surface area (Å²) >= 11 is 0. The monoisotopic (exact) mass is 266 g/mol. The molecule has 0 fully saturated rings. The minimum Gasteiger partial charge on any atom is -0.497 e. The fourth-order valence-corrected chi connectivity index (χ4v) is 1.58. The SMILES string of the molecule is CCCNCc1cc(OC)ccc1OCC(=O)NC. The van der Waals surface area contributed by atoms with Crippen molar-refractivity contribution in [2.75, 3.05) is 27.3 Å². The summed E-state index contributed by atoms with van der Waals surface area (Å²) in [4.78, 5) is 11.2. The van der Waals surface area contributed by atoms with Gasteiger partial charge in [0.2, 0.25) is 0 Å². The summed E-state index contributed by atoms with van der Waals surface area (Å²) in [5.74, 6) is 1.33. The molecule has 0 bridgehead atoms. The van der Waals surface area contributed by atoms with Crippen LogP contribution in [0, 0.1) is 0 Å². The number of carbonyl (C=O) groups is 1. The van der Waals surface area contributed by atoms with E-state index in [0.29, 0.717) is 12.3 Å². The first kappa shape index (κ1) is 15.3. The molecule has 0 aliphatic carbocycles. The topological polar surface area (TPSA) is 59.6 Å². The molecule has 1 rings (SSSR count). The molecule has 0 saturated heterocycles. The summed E-state index contributed by atoms with van der Waals surface area (Å²) in [6, 6.07) is 5.56. The molecule has 5 heteroatoms. The van der Waals surface area contributed by atoms with E-state index in [1.54, 1.807) is 14.2 Å². The Morgan fingerprint density at radius 2 is 2.16 bits per heavy atom. The summed E-state index contributed by atoms with van der Waals surface area (Å²) in [5, 5.41) is 5.83. The van der Waals surface area contributed by atoms with Crippen molar-refractivity contribution in [3.05, 3.63) is 23.8 Å². The van der Waals surface area contributed by atoms with Crippen molar-refractivity contribution in [2.24, 2.45) is 0 Å². The normalized spacial score (nSPS) is 10.1. The van der Waals surface area contributed by atoms with Gasteiger partial charge >= 0.3 is 0 Å². The Labute approximate surface area is 114 Å². The number of hydrogen-bond donors (Lipinski definition) is 2. The van der Waals surface area contributed by atoms with E-state index in [9.17, 15) is 4.79 Å². The number of hydrogen-bond acceptors (Lipinski definition) is 4. The smallest absolute Gasteiger partial charge is 0.257 e. The van der Waals surface area contributed by atoms with Gasteiger partial charge in [-0.05, 0) is 31.2 Å². The number of likely N-dealkylation sites (N-methyl/N-ethyl adjacent to an activating group) is 1. The highest BCUT2D eigenvalue weighted by Gasteiger charge is 2.07. The predicted octanol–water partition coefficient (Wildman–Crippen LogP) is 1.32. The van der Waals surface area contributed by atoms with Gasteiger partial charge in [-0.15, -0.1) is 0 Å². The molecule has 1 aromatic rings. The van der Waals surface area contributed by atoms with Gasteiger partial charge in [-0.25, -0.2) is 0 Å². The van der Waals surface area contributed by atoms with Crippen molar-refractivity contribution < 1.29 is 14.3 Å². The van der Waals surface area contributed by atoms with Gasteiger partial charge in [0.1, 0.15) is 11.5 Å². The Morgan fingerprint density at radius 1 is 1.37 bits per heavy atom. The number of rotatable bonds is 8. The predicted molar refractivity (Wildman–Crippen MR) is 74.6 cm³/mol. The van der Waals surface area contributed by atoms with E-state index in [1.165, 1.54) is 0 Å². The standard InChI is InChI=1S/C14H22N2O3/c1-4-7-16-9-11-8-12(18-3)5-6-13(11)19-10-14(17)15-2/h5-6,8,16H,4,7,9-10H2,1-3H3,(H,15,17). The zero-order valence-corrected chi connectivity index (χ0v) is 11.8. The number of amides is 1. The lowest BCUT2D eigenvalue weighted by Gasteiger charge is -2.13. The van der Waals surface area contributed by atoms with Crippen LogP contribution in [0.1, 0.15) is 18.9 Å². The zero-order valence-electron chi connectivity index (χ0n) is 11.8. The minimum absolute atomic E-state index is 0.0175. The van der Waals surface area contributed by atoms with Crippen molar-refractivity contribution in [1.29, 1.82) is 0 Å². The van der Waals surface area contributed by atoms with Gasteiger partial charge in [-0.1, -0.05) is 6.92 Å². The molecule has 1 aromatic carbocycles. The molecule has 2 N–H and O–H groups in total. The lowest BCUT2D eigenvalue weighted by atomic mass is 10.2. The van der Waals surface area contributed by atoms with Crippen LogP contribution in [0.4, 0.5) is 0 Å². The third-order valence-corrected chi connectivity index (χ3v) is 2.65. The minimum atomic E-state index is -0.150. The van der Waals surface area contributed by atoms with E-state index >= 15 is 0 Å². The van der Waals surface area contributed by atoms with Crippen LogP contribution < -0.4 is 20.1 Å². The summed E-state index contributed by atoms with van der Waals surface area (Å²) < 4.78 is 10.7. The van der Waals surface area contributed by atoms with Gasteiger partial charge in [0.15, 0.2) is 6.61 Å². The van der Waals surface area contributed by atoms with Crippen molar-refractivity contribution in [2.45, 2.75) is 19.9 Å². The highest BCUT2D eigenvalue weighted by molar-refractivity contribution is 5.77. The average molecular weight is 266 g/mol. The molecule has 5 nitrogen and oxygen atoms in total. The Morgan fingerprint density at radius 3 is 2.79 bits per heavy atom. The van der Waals surface area contributed by atoms with E-state index in [2.05, 4.69) is 17.6 Å². The first-order valence-electron chi connectivity index (χ1n) is 6.42. The fraction of sp³-hybridized carbons (Fsp3) is 0.500. The molecule has 0 heterocycles. The van der Waals surface area contributed by atoms with Crippen LogP contribution in [0.3, 0.4) is 0 Å². The van der Waals surface area contributed by atoms with Crippen LogP contribution in [-0.2, 0) is 11.3 Å². The van der Waals surface area contributed by atoms with Crippen molar-refractivity contribution >= 4 is 5.91 Å². The van der Waals surface area contributed by atoms with Gasteiger partial charge in [-0.2, -0.15) is 0 Å². The van der Waals surface area contributed by atoms with E-state index in [1.807, 2.05) is 18.2 Å². The molecule has 0 aliphatic heterocycles. The second kappa shape index (κ2) is 8.37. The summed E-state index contributed by atoms with van der Waals surface area (Å²) in [6.07, 6.45) is 1.07. The number of methoxy groups -OCH3 is 1. The second-order valence-electron chi connectivity index (χ2n) is 4.11. The molecule has 0 aliphatic rings. The summed E-state index contributed by atoms with van der Waals surface area (Å²) in [5.41, 5.74) is 0.983. The molecular formula is C14H22N2O3. The average Bonchev–Trinajstić information content (AvgIpc) is 2.45. The molecule has 0 aromatic heterocycles.